The van der Waals surface area contributed by atoms with E-state index in [1.54, 1.807) is 24.3 Å². The third-order valence-corrected chi connectivity index (χ3v) is 5.54. The first kappa shape index (κ1) is 15.5. The number of benzene rings is 1. The van der Waals surface area contributed by atoms with E-state index in [-0.39, 0.29) is 11.8 Å². The lowest BCUT2D eigenvalue weighted by Gasteiger charge is -2.16. The summed E-state index contributed by atoms with van der Waals surface area (Å²) in [5, 5.41) is 0.636. The molecule has 0 saturated heterocycles. The van der Waals surface area contributed by atoms with E-state index < -0.39 is 5.41 Å². The molecule has 0 unspecified atom stereocenters. The van der Waals surface area contributed by atoms with Crippen LogP contribution in [0.25, 0.3) is 0 Å². The topological polar surface area (TPSA) is 58.2 Å². The predicted molar refractivity (Wildman–Crippen MR) is 90.0 cm³/mol. The predicted octanol–water partition coefficient (Wildman–Crippen LogP) is 3.66. The fraction of sp³-hybridized carbons (Fsp3) is 0.200. The van der Waals surface area contributed by atoms with E-state index in [9.17, 15) is 9.59 Å². The first-order valence-electron chi connectivity index (χ1n) is 6.63. The lowest BCUT2D eigenvalue weighted by Crippen LogP contribution is -2.46. The fourth-order valence-corrected chi connectivity index (χ4v) is 3.68. The summed E-state index contributed by atoms with van der Waals surface area (Å²) in [6.45, 7) is 0. The Labute approximate surface area is 145 Å². The molecule has 4 nitrogen and oxygen atoms in total. The molecule has 0 radical (unpaired) electrons. The van der Waals surface area contributed by atoms with Crippen molar-refractivity contribution < 1.29 is 9.59 Å². The van der Waals surface area contributed by atoms with E-state index in [0.29, 0.717) is 9.90 Å². The van der Waals surface area contributed by atoms with E-state index in [1.807, 2.05) is 12.1 Å². The summed E-state index contributed by atoms with van der Waals surface area (Å²) in [7, 11) is 0. The van der Waals surface area contributed by atoms with Gasteiger partial charge in [-0.05, 0) is 58.6 Å². The maximum Gasteiger partial charge on any atom is 0.279 e. The van der Waals surface area contributed by atoms with Gasteiger partial charge >= 0.3 is 0 Å². The van der Waals surface area contributed by atoms with Crippen LogP contribution in [0.1, 0.15) is 28.1 Å². The molecule has 2 amide bonds. The van der Waals surface area contributed by atoms with Crippen molar-refractivity contribution in [2.75, 3.05) is 0 Å². The molecule has 0 spiro atoms. The van der Waals surface area contributed by atoms with Gasteiger partial charge in [-0.2, -0.15) is 0 Å². The van der Waals surface area contributed by atoms with Gasteiger partial charge in [0.25, 0.3) is 5.91 Å². The highest BCUT2D eigenvalue weighted by atomic mass is 79.9. The summed E-state index contributed by atoms with van der Waals surface area (Å²) in [6, 6.07) is 10.7. The lowest BCUT2D eigenvalue weighted by atomic mass is 9.95. The number of hydrogen-bond acceptors (Lipinski definition) is 3. The fourth-order valence-electron chi connectivity index (χ4n) is 2.27. The molecule has 1 aromatic carbocycles. The Morgan fingerprint density at radius 1 is 1.09 bits per heavy atom. The molecule has 1 fully saturated rings. The van der Waals surface area contributed by atoms with Gasteiger partial charge in [0.15, 0.2) is 0 Å². The normalized spacial score (nSPS) is 15.2. The summed E-state index contributed by atoms with van der Waals surface area (Å²) in [4.78, 5) is 24.9. The molecule has 0 aliphatic heterocycles. The lowest BCUT2D eigenvalue weighted by molar-refractivity contribution is -0.124. The smallest absolute Gasteiger partial charge is 0.272 e. The van der Waals surface area contributed by atoms with Crippen molar-refractivity contribution in [3.05, 3.63) is 55.6 Å². The maximum atomic E-state index is 12.4. The van der Waals surface area contributed by atoms with Crippen LogP contribution in [0.3, 0.4) is 0 Å². The van der Waals surface area contributed by atoms with Crippen LogP contribution in [-0.4, -0.2) is 11.8 Å². The molecule has 2 aromatic rings. The highest BCUT2D eigenvalue weighted by Crippen LogP contribution is 2.48. The number of amides is 2. The number of hydrazine groups is 1. The van der Waals surface area contributed by atoms with Crippen LogP contribution in [0.4, 0.5) is 0 Å². The van der Waals surface area contributed by atoms with Crippen molar-refractivity contribution in [1.82, 2.24) is 10.9 Å². The molecule has 1 aromatic heterocycles. The molecule has 1 aliphatic carbocycles. The number of carbonyl (C=O) groups excluding carboxylic acids is 2. The zero-order valence-electron chi connectivity index (χ0n) is 11.4. The van der Waals surface area contributed by atoms with Crippen LogP contribution in [0.2, 0.25) is 5.02 Å². The minimum atomic E-state index is -0.548. The summed E-state index contributed by atoms with van der Waals surface area (Å²) in [6.07, 6.45) is 1.53. The second kappa shape index (κ2) is 6.02. The van der Waals surface area contributed by atoms with Crippen molar-refractivity contribution in [3.63, 3.8) is 0 Å². The number of rotatable bonds is 3. The Balaban J connectivity index is 1.64. The van der Waals surface area contributed by atoms with Gasteiger partial charge in [-0.15, -0.1) is 11.3 Å². The van der Waals surface area contributed by atoms with E-state index in [0.717, 1.165) is 22.2 Å². The van der Waals surface area contributed by atoms with E-state index >= 15 is 0 Å². The van der Waals surface area contributed by atoms with E-state index in [4.69, 9.17) is 11.6 Å². The number of carbonyl (C=O) groups is 2. The number of nitrogens with one attached hydrogen (secondary N) is 2. The summed E-state index contributed by atoms with van der Waals surface area (Å²) in [5.74, 6) is -0.519. The van der Waals surface area contributed by atoms with Crippen LogP contribution < -0.4 is 10.9 Å². The van der Waals surface area contributed by atoms with E-state index in [2.05, 4.69) is 26.8 Å². The van der Waals surface area contributed by atoms with Crippen molar-refractivity contribution in [2.45, 2.75) is 18.3 Å². The van der Waals surface area contributed by atoms with Crippen LogP contribution >= 0.6 is 38.9 Å². The average Bonchev–Trinajstić information content (AvgIpc) is 3.21. The van der Waals surface area contributed by atoms with Gasteiger partial charge < -0.3 is 0 Å². The van der Waals surface area contributed by atoms with Gasteiger partial charge in [0.1, 0.15) is 0 Å². The van der Waals surface area contributed by atoms with Crippen LogP contribution in [0.5, 0.6) is 0 Å². The first-order chi connectivity index (χ1) is 10.5. The second-order valence-electron chi connectivity index (χ2n) is 5.10. The first-order valence-corrected chi connectivity index (χ1v) is 8.62. The molecular formula is C15H12BrClN2O2S. The summed E-state index contributed by atoms with van der Waals surface area (Å²) < 4.78 is 0.865. The van der Waals surface area contributed by atoms with Crippen molar-refractivity contribution in [3.8, 4) is 0 Å². The molecule has 22 heavy (non-hydrogen) atoms. The second-order valence-corrected chi connectivity index (χ2v) is 8.00. The average molecular weight is 400 g/mol. The molecule has 0 atom stereocenters. The van der Waals surface area contributed by atoms with Crippen LogP contribution in [-0.2, 0) is 10.2 Å². The minimum absolute atomic E-state index is 0.196. The monoisotopic (exact) mass is 398 g/mol. The van der Waals surface area contributed by atoms with Crippen molar-refractivity contribution in [1.29, 1.82) is 0 Å². The van der Waals surface area contributed by atoms with Gasteiger partial charge in [0, 0.05) is 5.02 Å². The molecule has 1 heterocycles. The van der Waals surface area contributed by atoms with E-state index in [1.165, 1.54) is 11.3 Å². The Bertz CT molecular complexity index is 725. The number of halogens is 2. The Hall–Kier alpha value is -1.37. The number of thiophene rings is 1. The molecule has 7 heteroatoms. The Morgan fingerprint density at radius 3 is 2.32 bits per heavy atom. The van der Waals surface area contributed by atoms with Gasteiger partial charge in [0.05, 0.1) is 14.1 Å². The highest BCUT2D eigenvalue weighted by molar-refractivity contribution is 9.11. The van der Waals surface area contributed by atoms with Gasteiger partial charge in [-0.3, -0.25) is 20.4 Å². The Morgan fingerprint density at radius 2 is 1.77 bits per heavy atom. The molecular weight excluding hydrogens is 388 g/mol. The zero-order chi connectivity index (χ0) is 15.7. The summed E-state index contributed by atoms with van der Waals surface area (Å²) in [5.41, 5.74) is 5.36. The molecule has 3 rings (SSSR count). The van der Waals surface area contributed by atoms with Crippen LogP contribution in [0, 0.1) is 0 Å². The third-order valence-electron chi connectivity index (χ3n) is 3.67. The van der Waals surface area contributed by atoms with Crippen LogP contribution in [0.15, 0.2) is 40.2 Å². The SMILES string of the molecule is O=C(NNC(=O)C1(c2ccc(Cl)cc2)CC1)c1ccc(Br)s1. The minimum Gasteiger partial charge on any atom is -0.272 e. The maximum absolute atomic E-state index is 12.4. The molecule has 2 N–H and O–H groups in total. The van der Waals surface area contributed by atoms with Gasteiger partial charge in [0.2, 0.25) is 5.91 Å². The molecule has 1 aliphatic rings. The standard InChI is InChI=1S/C15H12BrClN2O2S/c16-12-6-5-11(22-12)13(20)18-19-14(21)15(7-8-15)9-1-3-10(17)4-2-9/h1-6H,7-8H2,(H,18,20)(H,19,21). The van der Waals surface area contributed by atoms with Gasteiger partial charge in [-0.25, -0.2) is 0 Å². The Kier molecular flexibility index (Phi) is 4.25. The molecule has 0 bridgehead atoms. The van der Waals surface area contributed by atoms with Crippen molar-refractivity contribution >= 4 is 50.7 Å². The molecule has 1 saturated carbocycles. The number of hydrogen-bond donors (Lipinski definition) is 2. The third kappa shape index (κ3) is 3.04. The van der Waals surface area contributed by atoms with Gasteiger partial charge in [-0.1, -0.05) is 23.7 Å². The summed E-state index contributed by atoms with van der Waals surface area (Å²) >= 11 is 10.5. The zero-order valence-corrected chi connectivity index (χ0v) is 14.5. The molecule has 114 valence electrons. The van der Waals surface area contributed by atoms with Crippen molar-refractivity contribution in [2.24, 2.45) is 0 Å². The quantitative estimate of drug-likeness (QED) is 0.774. The highest BCUT2D eigenvalue weighted by Gasteiger charge is 2.51. The largest absolute Gasteiger partial charge is 0.279 e.